The van der Waals surface area contributed by atoms with Crippen LogP contribution in [0, 0.1) is 11.6 Å². The van der Waals surface area contributed by atoms with Gasteiger partial charge in [0.1, 0.15) is 5.82 Å². The average Bonchev–Trinajstić information content (AvgIpc) is 3.10. The number of aliphatic imine (C=N–C) groups is 1. The Morgan fingerprint density at radius 2 is 2.04 bits per heavy atom. The second kappa shape index (κ2) is 8.60. The molecule has 7 heteroatoms. The Morgan fingerprint density at radius 3 is 2.81 bits per heavy atom. The highest BCUT2D eigenvalue weighted by atomic mass is 19.1. The summed E-state index contributed by atoms with van der Waals surface area (Å²) in [5.74, 6) is 0.437. The van der Waals surface area contributed by atoms with E-state index >= 15 is 0 Å². The number of anilines is 1. The van der Waals surface area contributed by atoms with Gasteiger partial charge in [0.05, 0.1) is 6.54 Å². The molecule has 0 aliphatic carbocycles. The van der Waals surface area contributed by atoms with E-state index in [2.05, 4.69) is 20.6 Å². The monoisotopic (exact) mass is 359 g/mol. The molecule has 2 N–H and O–H groups in total. The first kappa shape index (κ1) is 18.1. The molecule has 0 amide bonds. The van der Waals surface area contributed by atoms with Crippen molar-refractivity contribution >= 4 is 11.8 Å². The van der Waals surface area contributed by atoms with Crippen LogP contribution in [0.4, 0.5) is 14.6 Å². The third-order valence-electron chi connectivity index (χ3n) is 4.28. The van der Waals surface area contributed by atoms with Crippen molar-refractivity contribution in [1.82, 2.24) is 15.6 Å². The summed E-state index contributed by atoms with van der Waals surface area (Å²) in [6.45, 7) is 4.29. The minimum Gasteiger partial charge on any atom is -0.357 e. The van der Waals surface area contributed by atoms with E-state index in [1.54, 1.807) is 30.5 Å². The van der Waals surface area contributed by atoms with Gasteiger partial charge in [-0.2, -0.15) is 0 Å². The number of halogens is 2. The summed E-state index contributed by atoms with van der Waals surface area (Å²) in [5, 5.41) is 6.52. The first-order valence-electron chi connectivity index (χ1n) is 8.81. The number of guanidine groups is 1. The molecule has 1 saturated heterocycles. The molecule has 1 atom stereocenters. The van der Waals surface area contributed by atoms with E-state index in [9.17, 15) is 8.78 Å². The normalized spacial score (nSPS) is 17.4. The smallest absolute Gasteiger partial charge is 0.191 e. The molecule has 138 valence electrons. The van der Waals surface area contributed by atoms with E-state index in [0.29, 0.717) is 30.4 Å². The van der Waals surface area contributed by atoms with Crippen molar-refractivity contribution in [2.75, 3.05) is 24.5 Å². The maximum absolute atomic E-state index is 13.9. The van der Waals surface area contributed by atoms with Crippen LogP contribution in [0.2, 0.25) is 0 Å². The van der Waals surface area contributed by atoms with Crippen LogP contribution < -0.4 is 15.5 Å². The molecule has 26 heavy (non-hydrogen) atoms. The van der Waals surface area contributed by atoms with Crippen LogP contribution in [0.5, 0.6) is 0 Å². The quantitative estimate of drug-likeness (QED) is 0.637. The number of pyridine rings is 1. The van der Waals surface area contributed by atoms with Crippen LogP contribution in [0.15, 0.2) is 47.6 Å². The Morgan fingerprint density at radius 1 is 1.23 bits per heavy atom. The number of nitrogens with zero attached hydrogens (tertiary/aromatic N) is 3. The number of benzene rings is 1. The van der Waals surface area contributed by atoms with Crippen molar-refractivity contribution in [3.8, 4) is 0 Å². The third-order valence-corrected chi connectivity index (χ3v) is 4.28. The van der Waals surface area contributed by atoms with E-state index in [4.69, 9.17) is 0 Å². The summed E-state index contributed by atoms with van der Waals surface area (Å²) in [4.78, 5) is 10.5. The van der Waals surface area contributed by atoms with Crippen molar-refractivity contribution in [1.29, 1.82) is 0 Å². The van der Waals surface area contributed by atoms with Gasteiger partial charge in [-0.25, -0.2) is 18.8 Å². The molecule has 1 aliphatic heterocycles. The molecule has 1 unspecified atom stereocenters. The molecule has 1 aliphatic rings. The van der Waals surface area contributed by atoms with Gasteiger partial charge in [0, 0.05) is 37.4 Å². The highest BCUT2D eigenvalue weighted by Gasteiger charge is 2.25. The van der Waals surface area contributed by atoms with Crippen molar-refractivity contribution in [3.63, 3.8) is 0 Å². The van der Waals surface area contributed by atoms with E-state index in [-0.39, 0.29) is 24.2 Å². The molecule has 2 heterocycles. The van der Waals surface area contributed by atoms with Crippen LogP contribution in [0.3, 0.4) is 0 Å². The van der Waals surface area contributed by atoms with Crippen molar-refractivity contribution in [2.24, 2.45) is 4.99 Å². The van der Waals surface area contributed by atoms with Gasteiger partial charge in [-0.1, -0.05) is 18.2 Å². The lowest BCUT2D eigenvalue weighted by atomic mass is 10.2. The molecule has 5 nitrogen and oxygen atoms in total. The summed E-state index contributed by atoms with van der Waals surface area (Å²) in [7, 11) is 0. The average molecular weight is 359 g/mol. The molecule has 0 spiro atoms. The van der Waals surface area contributed by atoms with E-state index in [1.165, 1.54) is 12.1 Å². The molecule has 1 aromatic carbocycles. The van der Waals surface area contributed by atoms with Crippen LogP contribution in [0.1, 0.15) is 18.9 Å². The fourth-order valence-electron chi connectivity index (χ4n) is 2.98. The summed E-state index contributed by atoms with van der Waals surface area (Å²) in [5.41, 5.74) is 0.549. The zero-order valence-electron chi connectivity index (χ0n) is 14.8. The van der Waals surface area contributed by atoms with Gasteiger partial charge in [-0.3, -0.25) is 0 Å². The molecular formula is C19H23F2N5. The summed E-state index contributed by atoms with van der Waals surface area (Å²) in [6.07, 6.45) is 2.44. The van der Waals surface area contributed by atoms with Crippen molar-refractivity contribution in [3.05, 3.63) is 59.8 Å². The number of nitrogens with one attached hydrogen (secondary N) is 2. The molecule has 0 radical (unpaired) electrons. The molecule has 1 fully saturated rings. The molecule has 3 rings (SSSR count). The first-order chi connectivity index (χ1) is 12.7. The largest absolute Gasteiger partial charge is 0.357 e. The standard InChI is InChI=1S/C19H23F2N5/c1-2-22-19(24-12-14-6-3-4-7-16(14)20)25-15-9-11-26(13-15)18-17(21)8-5-10-23-18/h3-8,10,15H,2,9,11-13H2,1H3,(H2,22,24,25). The molecule has 0 bridgehead atoms. The summed E-state index contributed by atoms with van der Waals surface area (Å²) in [6, 6.07) is 9.74. The van der Waals surface area contributed by atoms with Gasteiger partial charge in [-0.05, 0) is 31.5 Å². The predicted octanol–water partition coefficient (Wildman–Crippen LogP) is 2.69. The number of hydrogen-bond acceptors (Lipinski definition) is 3. The van der Waals surface area contributed by atoms with Crippen LogP contribution in [0.25, 0.3) is 0 Å². The summed E-state index contributed by atoms with van der Waals surface area (Å²) >= 11 is 0. The molecule has 0 saturated carbocycles. The van der Waals surface area contributed by atoms with Gasteiger partial charge in [0.15, 0.2) is 17.6 Å². The fourth-order valence-corrected chi connectivity index (χ4v) is 2.98. The number of rotatable bonds is 5. The maximum atomic E-state index is 13.9. The molecule has 2 aromatic rings. The van der Waals surface area contributed by atoms with Crippen molar-refractivity contribution in [2.45, 2.75) is 25.9 Å². The van der Waals surface area contributed by atoms with E-state index in [0.717, 1.165) is 13.0 Å². The van der Waals surface area contributed by atoms with Gasteiger partial charge in [0.2, 0.25) is 0 Å². The maximum Gasteiger partial charge on any atom is 0.191 e. The van der Waals surface area contributed by atoms with Gasteiger partial charge in [0.25, 0.3) is 0 Å². The number of hydrogen-bond donors (Lipinski definition) is 2. The Kier molecular flexibility index (Phi) is 5.99. The highest BCUT2D eigenvalue weighted by molar-refractivity contribution is 5.80. The zero-order chi connectivity index (χ0) is 18.4. The minimum absolute atomic E-state index is 0.120. The van der Waals surface area contributed by atoms with Crippen LogP contribution >= 0.6 is 0 Å². The SMILES string of the molecule is CCNC(=NCc1ccccc1F)NC1CCN(c2ncccc2F)C1. The predicted molar refractivity (Wildman–Crippen MR) is 99.2 cm³/mol. The van der Waals surface area contributed by atoms with Gasteiger partial charge in [-0.15, -0.1) is 0 Å². The van der Waals surface area contributed by atoms with E-state index < -0.39 is 0 Å². The lowest BCUT2D eigenvalue weighted by Crippen LogP contribution is -2.44. The summed E-state index contributed by atoms with van der Waals surface area (Å²) < 4.78 is 27.7. The first-order valence-corrected chi connectivity index (χ1v) is 8.81. The Balaban J connectivity index is 1.63. The van der Waals surface area contributed by atoms with Crippen LogP contribution in [-0.4, -0.2) is 36.6 Å². The molecular weight excluding hydrogens is 336 g/mol. The second-order valence-electron chi connectivity index (χ2n) is 6.17. The second-order valence-corrected chi connectivity index (χ2v) is 6.17. The Labute approximate surface area is 152 Å². The third kappa shape index (κ3) is 4.47. The zero-order valence-corrected chi connectivity index (χ0v) is 14.8. The topological polar surface area (TPSA) is 52.6 Å². The lowest BCUT2D eigenvalue weighted by Gasteiger charge is -2.20. The number of aromatic nitrogens is 1. The Hall–Kier alpha value is -2.70. The molecule has 1 aromatic heterocycles. The van der Waals surface area contributed by atoms with E-state index in [1.807, 2.05) is 11.8 Å². The van der Waals surface area contributed by atoms with Gasteiger partial charge < -0.3 is 15.5 Å². The minimum atomic E-state index is -0.312. The van der Waals surface area contributed by atoms with Crippen LogP contribution in [-0.2, 0) is 6.54 Å². The Bertz CT molecular complexity index is 765. The highest BCUT2D eigenvalue weighted by Crippen LogP contribution is 2.20. The van der Waals surface area contributed by atoms with Gasteiger partial charge >= 0.3 is 0 Å². The van der Waals surface area contributed by atoms with Crippen molar-refractivity contribution < 1.29 is 8.78 Å². The lowest BCUT2D eigenvalue weighted by molar-refractivity contribution is 0.608. The fraction of sp³-hybridized carbons (Fsp3) is 0.368.